The van der Waals surface area contributed by atoms with Gasteiger partial charge in [-0.05, 0) is 24.5 Å². The van der Waals surface area contributed by atoms with E-state index in [9.17, 15) is 4.79 Å². The SMILES string of the molecule is COCCn1c(COc2ccccc2-c2ccccc2)nnc1SCC(=O)N1CCCCCC1. The van der Waals surface area contributed by atoms with E-state index in [1.54, 1.807) is 7.11 Å². The Labute approximate surface area is 205 Å². The molecule has 0 bridgehead atoms. The first-order valence-electron chi connectivity index (χ1n) is 11.8. The van der Waals surface area contributed by atoms with Gasteiger partial charge in [0.05, 0.1) is 12.4 Å². The molecule has 180 valence electrons. The molecule has 1 saturated heterocycles. The number of thioether (sulfide) groups is 1. The van der Waals surface area contributed by atoms with Gasteiger partial charge in [0.15, 0.2) is 11.0 Å². The van der Waals surface area contributed by atoms with E-state index >= 15 is 0 Å². The Bertz CT molecular complexity index is 1050. The quantitative estimate of drug-likeness (QED) is 0.393. The van der Waals surface area contributed by atoms with E-state index in [0.717, 1.165) is 48.0 Å². The molecule has 0 radical (unpaired) electrons. The van der Waals surface area contributed by atoms with Crippen LogP contribution < -0.4 is 4.74 Å². The fraction of sp³-hybridized carbons (Fsp3) is 0.423. The molecule has 0 atom stereocenters. The van der Waals surface area contributed by atoms with Crippen LogP contribution in [0.5, 0.6) is 5.75 Å². The van der Waals surface area contributed by atoms with Crippen LogP contribution in [0, 0.1) is 0 Å². The van der Waals surface area contributed by atoms with Crippen LogP contribution in [0.2, 0.25) is 0 Å². The molecular weight excluding hydrogens is 448 g/mol. The lowest BCUT2D eigenvalue weighted by Gasteiger charge is -2.20. The van der Waals surface area contributed by atoms with E-state index in [1.165, 1.54) is 24.6 Å². The number of carbonyl (C=O) groups excluding carboxylic acids is 1. The van der Waals surface area contributed by atoms with Gasteiger partial charge in [0.2, 0.25) is 5.91 Å². The molecule has 2 aromatic carbocycles. The molecule has 4 rings (SSSR count). The topological polar surface area (TPSA) is 69.5 Å². The molecule has 7 nitrogen and oxygen atoms in total. The molecule has 1 aromatic heterocycles. The first kappa shape index (κ1) is 24.3. The Morgan fingerprint density at radius 3 is 2.47 bits per heavy atom. The number of nitrogens with zero attached hydrogens (tertiary/aromatic N) is 4. The summed E-state index contributed by atoms with van der Waals surface area (Å²) in [6, 6.07) is 18.2. The second kappa shape index (κ2) is 12.6. The molecule has 0 spiro atoms. The van der Waals surface area contributed by atoms with Crippen LogP contribution in [0.25, 0.3) is 11.1 Å². The average Bonchev–Trinajstić information content (AvgIpc) is 3.06. The van der Waals surface area contributed by atoms with Gasteiger partial charge in [-0.25, -0.2) is 0 Å². The van der Waals surface area contributed by atoms with Gasteiger partial charge in [-0.2, -0.15) is 0 Å². The molecular formula is C26H32N4O3S. The zero-order chi connectivity index (χ0) is 23.6. The van der Waals surface area contributed by atoms with Gasteiger partial charge >= 0.3 is 0 Å². The van der Waals surface area contributed by atoms with Gasteiger partial charge in [-0.1, -0.05) is 73.1 Å². The van der Waals surface area contributed by atoms with Crippen molar-refractivity contribution in [3.8, 4) is 16.9 Å². The van der Waals surface area contributed by atoms with E-state index in [-0.39, 0.29) is 12.5 Å². The third kappa shape index (κ3) is 6.39. The van der Waals surface area contributed by atoms with Gasteiger partial charge in [0, 0.05) is 32.3 Å². The molecule has 1 fully saturated rings. The summed E-state index contributed by atoms with van der Waals surface area (Å²) in [6.45, 7) is 3.12. The Kier molecular flexibility index (Phi) is 8.98. The van der Waals surface area contributed by atoms with E-state index in [2.05, 4.69) is 28.4 Å². The zero-order valence-corrected chi connectivity index (χ0v) is 20.5. The van der Waals surface area contributed by atoms with Crippen LogP contribution in [-0.2, 0) is 22.7 Å². The molecule has 3 aromatic rings. The number of ether oxygens (including phenoxy) is 2. The lowest BCUT2D eigenvalue weighted by Crippen LogP contribution is -2.33. The number of hydrogen-bond acceptors (Lipinski definition) is 6. The second-order valence-corrected chi connectivity index (χ2v) is 9.22. The van der Waals surface area contributed by atoms with Crippen LogP contribution in [0.1, 0.15) is 31.5 Å². The summed E-state index contributed by atoms with van der Waals surface area (Å²) in [5.74, 6) is 2.04. The molecule has 34 heavy (non-hydrogen) atoms. The maximum absolute atomic E-state index is 12.7. The summed E-state index contributed by atoms with van der Waals surface area (Å²) in [7, 11) is 1.67. The Balaban J connectivity index is 1.44. The molecule has 0 N–H and O–H groups in total. The monoisotopic (exact) mass is 480 g/mol. The summed E-state index contributed by atoms with van der Waals surface area (Å²) in [5.41, 5.74) is 2.13. The number of carbonyl (C=O) groups is 1. The summed E-state index contributed by atoms with van der Waals surface area (Å²) in [5, 5.41) is 9.46. The van der Waals surface area contributed by atoms with Crippen LogP contribution in [0.3, 0.4) is 0 Å². The highest BCUT2D eigenvalue weighted by molar-refractivity contribution is 7.99. The Hall–Kier alpha value is -2.84. The minimum Gasteiger partial charge on any atom is -0.485 e. The minimum atomic E-state index is 0.169. The van der Waals surface area contributed by atoms with E-state index in [0.29, 0.717) is 24.7 Å². The highest BCUT2D eigenvalue weighted by atomic mass is 32.2. The molecule has 1 amide bonds. The van der Waals surface area contributed by atoms with Crippen molar-refractivity contribution in [3.63, 3.8) is 0 Å². The number of hydrogen-bond donors (Lipinski definition) is 0. The molecule has 0 saturated carbocycles. The van der Waals surface area contributed by atoms with Crippen molar-refractivity contribution in [3.05, 3.63) is 60.4 Å². The maximum Gasteiger partial charge on any atom is 0.233 e. The van der Waals surface area contributed by atoms with Gasteiger partial charge in [-0.3, -0.25) is 4.79 Å². The number of para-hydroxylation sites is 1. The predicted octanol–water partition coefficient (Wildman–Crippen LogP) is 4.67. The van der Waals surface area contributed by atoms with Gasteiger partial charge in [0.25, 0.3) is 0 Å². The summed E-state index contributed by atoms with van der Waals surface area (Å²) in [4.78, 5) is 14.7. The molecule has 1 aliphatic heterocycles. The zero-order valence-electron chi connectivity index (χ0n) is 19.7. The molecule has 1 aliphatic rings. The lowest BCUT2D eigenvalue weighted by molar-refractivity contribution is -0.128. The largest absolute Gasteiger partial charge is 0.485 e. The van der Waals surface area contributed by atoms with Crippen LogP contribution in [0.4, 0.5) is 0 Å². The highest BCUT2D eigenvalue weighted by Gasteiger charge is 2.19. The fourth-order valence-corrected chi connectivity index (χ4v) is 4.95. The van der Waals surface area contributed by atoms with E-state index in [1.807, 2.05) is 45.9 Å². The standard InChI is InChI=1S/C26H32N4O3S/c1-32-18-17-30-24(19-33-23-14-8-7-13-22(23)21-11-5-4-6-12-21)27-28-26(30)34-20-25(31)29-15-9-2-3-10-16-29/h4-8,11-14H,2-3,9-10,15-20H2,1H3. The van der Waals surface area contributed by atoms with E-state index < -0.39 is 0 Å². The van der Waals surface area contributed by atoms with Crippen molar-refractivity contribution in [2.45, 2.75) is 44.0 Å². The first-order chi connectivity index (χ1) is 16.8. The Morgan fingerprint density at radius 2 is 1.71 bits per heavy atom. The van der Waals surface area contributed by atoms with Gasteiger partial charge < -0.3 is 18.9 Å². The second-order valence-electron chi connectivity index (χ2n) is 8.28. The van der Waals surface area contributed by atoms with Crippen molar-refractivity contribution >= 4 is 17.7 Å². The molecule has 2 heterocycles. The number of rotatable bonds is 10. The number of methoxy groups -OCH3 is 1. The number of benzene rings is 2. The minimum absolute atomic E-state index is 0.169. The van der Waals surface area contributed by atoms with Crippen LogP contribution >= 0.6 is 11.8 Å². The van der Waals surface area contributed by atoms with Crippen molar-refractivity contribution in [1.82, 2.24) is 19.7 Å². The normalized spacial score (nSPS) is 14.1. The smallest absolute Gasteiger partial charge is 0.233 e. The van der Waals surface area contributed by atoms with Crippen molar-refractivity contribution in [2.75, 3.05) is 32.6 Å². The maximum atomic E-state index is 12.7. The number of aromatic nitrogens is 3. The average molecular weight is 481 g/mol. The Morgan fingerprint density at radius 1 is 0.971 bits per heavy atom. The summed E-state index contributed by atoms with van der Waals surface area (Å²) >= 11 is 1.44. The van der Waals surface area contributed by atoms with Crippen molar-refractivity contribution in [2.24, 2.45) is 0 Å². The lowest BCUT2D eigenvalue weighted by atomic mass is 10.1. The highest BCUT2D eigenvalue weighted by Crippen LogP contribution is 2.30. The van der Waals surface area contributed by atoms with Crippen molar-refractivity contribution in [1.29, 1.82) is 0 Å². The molecule has 0 aliphatic carbocycles. The van der Waals surface area contributed by atoms with Gasteiger partial charge in [-0.15, -0.1) is 10.2 Å². The first-order valence-corrected chi connectivity index (χ1v) is 12.8. The summed E-state index contributed by atoms with van der Waals surface area (Å²) < 4.78 is 13.5. The predicted molar refractivity (Wildman–Crippen MR) is 134 cm³/mol. The third-order valence-electron chi connectivity index (χ3n) is 5.92. The number of amides is 1. The third-order valence-corrected chi connectivity index (χ3v) is 6.88. The number of likely N-dealkylation sites (tertiary alicyclic amines) is 1. The molecule has 0 unspecified atom stereocenters. The summed E-state index contributed by atoms with van der Waals surface area (Å²) in [6.07, 6.45) is 4.59. The fourth-order valence-electron chi connectivity index (χ4n) is 4.07. The van der Waals surface area contributed by atoms with Crippen molar-refractivity contribution < 1.29 is 14.3 Å². The van der Waals surface area contributed by atoms with Crippen LogP contribution in [0.15, 0.2) is 59.8 Å². The van der Waals surface area contributed by atoms with Crippen LogP contribution in [-0.4, -0.2) is 58.1 Å². The van der Waals surface area contributed by atoms with E-state index in [4.69, 9.17) is 9.47 Å². The van der Waals surface area contributed by atoms with Gasteiger partial charge in [0.1, 0.15) is 12.4 Å². The molecule has 8 heteroatoms.